The Morgan fingerprint density at radius 1 is 1.36 bits per heavy atom. The molecule has 0 saturated heterocycles. The van der Waals surface area contributed by atoms with Gasteiger partial charge in [0.05, 0.1) is 20.4 Å². The van der Waals surface area contributed by atoms with Crippen LogP contribution in [0.1, 0.15) is 28.0 Å². The summed E-state index contributed by atoms with van der Waals surface area (Å²) in [6, 6.07) is 3.38. The minimum absolute atomic E-state index is 0.0762. The van der Waals surface area contributed by atoms with Crippen LogP contribution in [0.5, 0.6) is 11.8 Å². The molecule has 2 N–H and O–H groups in total. The molecule has 0 bridgehead atoms. The quantitative estimate of drug-likeness (QED) is 0.883. The van der Waals surface area contributed by atoms with E-state index in [1.807, 2.05) is 6.20 Å². The van der Waals surface area contributed by atoms with Crippen molar-refractivity contribution in [2.45, 2.75) is 25.3 Å². The Bertz CT molecular complexity index is 683. The molecule has 0 spiro atoms. The summed E-state index contributed by atoms with van der Waals surface area (Å²) in [5.74, 6) is 0.475. The summed E-state index contributed by atoms with van der Waals surface area (Å²) >= 11 is 0. The second-order valence-electron chi connectivity index (χ2n) is 5.20. The number of methoxy groups -OCH3 is 2. The minimum atomic E-state index is -0.194. The Hall–Kier alpha value is -2.57. The molecule has 1 aliphatic rings. The predicted molar refractivity (Wildman–Crippen MR) is 79.2 cm³/mol. The van der Waals surface area contributed by atoms with Crippen molar-refractivity contribution in [3.8, 4) is 11.8 Å². The third-order valence-electron chi connectivity index (χ3n) is 3.84. The lowest BCUT2D eigenvalue weighted by atomic mass is 9.93. The van der Waals surface area contributed by atoms with Gasteiger partial charge in [-0.05, 0) is 24.5 Å². The van der Waals surface area contributed by atoms with Crippen molar-refractivity contribution in [1.29, 1.82) is 0 Å². The lowest BCUT2D eigenvalue weighted by molar-refractivity contribution is 0.0929. The minimum Gasteiger partial charge on any atom is -0.481 e. The number of hydrogen-bond acceptors (Lipinski definition) is 5. The van der Waals surface area contributed by atoms with Crippen molar-refractivity contribution in [3.63, 3.8) is 0 Å². The molecule has 22 heavy (non-hydrogen) atoms. The van der Waals surface area contributed by atoms with E-state index in [0.29, 0.717) is 11.4 Å². The Morgan fingerprint density at radius 3 is 3.00 bits per heavy atom. The monoisotopic (exact) mass is 302 g/mol. The van der Waals surface area contributed by atoms with Crippen molar-refractivity contribution in [2.24, 2.45) is 0 Å². The van der Waals surface area contributed by atoms with Gasteiger partial charge in [-0.3, -0.25) is 9.89 Å². The number of ether oxygens (including phenoxy) is 2. The smallest absolute Gasteiger partial charge is 0.257 e. The van der Waals surface area contributed by atoms with E-state index in [4.69, 9.17) is 9.47 Å². The maximum absolute atomic E-state index is 12.4. The largest absolute Gasteiger partial charge is 0.481 e. The molecule has 116 valence electrons. The van der Waals surface area contributed by atoms with Crippen molar-refractivity contribution in [2.75, 3.05) is 14.2 Å². The van der Waals surface area contributed by atoms with E-state index in [0.717, 1.165) is 25.0 Å². The molecule has 0 aliphatic heterocycles. The highest BCUT2D eigenvalue weighted by Crippen LogP contribution is 2.22. The topological polar surface area (TPSA) is 89.1 Å². The highest BCUT2D eigenvalue weighted by atomic mass is 16.5. The van der Waals surface area contributed by atoms with E-state index in [-0.39, 0.29) is 17.8 Å². The van der Waals surface area contributed by atoms with Crippen molar-refractivity contribution in [3.05, 3.63) is 35.2 Å². The van der Waals surface area contributed by atoms with Crippen LogP contribution in [-0.4, -0.2) is 41.3 Å². The number of aromatic amines is 1. The van der Waals surface area contributed by atoms with Gasteiger partial charge in [0.1, 0.15) is 5.56 Å². The average molecular weight is 302 g/mol. The normalized spacial score (nSPS) is 16.7. The molecule has 1 atom stereocenters. The van der Waals surface area contributed by atoms with Gasteiger partial charge in [0.15, 0.2) is 0 Å². The van der Waals surface area contributed by atoms with E-state index in [1.54, 1.807) is 12.1 Å². The second-order valence-corrected chi connectivity index (χ2v) is 5.20. The van der Waals surface area contributed by atoms with Gasteiger partial charge in [0.2, 0.25) is 11.8 Å². The van der Waals surface area contributed by atoms with Crippen LogP contribution in [0.2, 0.25) is 0 Å². The van der Waals surface area contributed by atoms with Gasteiger partial charge in [-0.15, -0.1) is 0 Å². The van der Waals surface area contributed by atoms with E-state index in [2.05, 4.69) is 20.5 Å². The number of fused-ring (bicyclic) bond motifs is 1. The first kappa shape index (κ1) is 14.4. The number of hydrogen-bond donors (Lipinski definition) is 2. The lowest BCUT2D eigenvalue weighted by Crippen LogP contribution is -2.39. The van der Waals surface area contributed by atoms with Crippen LogP contribution in [0, 0.1) is 0 Å². The molecule has 1 aliphatic carbocycles. The van der Waals surface area contributed by atoms with Crippen LogP contribution in [0.25, 0.3) is 0 Å². The summed E-state index contributed by atoms with van der Waals surface area (Å²) in [6.07, 6.45) is 4.41. The van der Waals surface area contributed by atoms with Crippen LogP contribution in [0.4, 0.5) is 0 Å². The zero-order chi connectivity index (χ0) is 15.5. The molecule has 0 unspecified atom stereocenters. The van der Waals surface area contributed by atoms with Crippen molar-refractivity contribution >= 4 is 5.91 Å². The Morgan fingerprint density at radius 2 is 2.23 bits per heavy atom. The van der Waals surface area contributed by atoms with Crippen LogP contribution in [0.3, 0.4) is 0 Å². The van der Waals surface area contributed by atoms with Gasteiger partial charge in [0.25, 0.3) is 5.91 Å². The molecule has 2 aromatic heterocycles. The lowest BCUT2D eigenvalue weighted by Gasteiger charge is -2.23. The summed E-state index contributed by atoms with van der Waals surface area (Å²) in [5, 5.41) is 10.1. The Labute approximate surface area is 128 Å². The summed E-state index contributed by atoms with van der Waals surface area (Å²) in [5.41, 5.74) is 2.73. The third kappa shape index (κ3) is 2.74. The van der Waals surface area contributed by atoms with Gasteiger partial charge in [-0.1, -0.05) is 0 Å². The molecule has 0 saturated carbocycles. The number of nitrogens with one attached hydrogen (secondary N) is 2. The van der Waals surface area contributed by atoms with Crippen molar-refractivity contribution < 1.29 is 14.3 Å². The van der Waals surface area contributed by atoms with Crippen LogP contribution >= 0.6 is 0 Å². The van der Waals surface area contributed by atoms with E-state index >= 15 is 0 Å². The highest BCUT2D eigenvalue weighted by Gasteiger charge is 2.23. The van der Waals surface area contributed by atoms with Crippen LogP contribution in [0.15, 0.2) is 18.3 Å². The van der Waals surface area contributed by atoms with Gasteiger partial charge in [-0.25, -0.2) is 0 Å². The number of rotatable bonds is 4. The molecular formula is C15H18N4O3. The molecule has 1 amide bonds. The maximum Gasteiger partial charge on any atom is 0.257 e. The van der Waals surface area contributed by atoms with Gasteiger partial charge >= 0.3 is 0 Å². The number of amides is 1. The van der Waals surface area contributed by atoms with Gasteiger partial charge in [-0.2, -0.15) is 10.1 Å². The molecule has 7 nitrogen and oxygen atoms in total. The number of aryl methyl sites for hydroxylation is 1. The SMILES string of the molecule is COc1ccc(C(=O)N[C@H]2CCc3cn[nH]c3C2)c(OC)n1. The second kappa shape index (κ2) is 6.05. The average Bonchev–Trinajstić information content (AvgIpc) is 3.01. The first-order valence-electron chi connectivity index (χ1n) is 7.12. The molecule has 2 aromatic rings. The third-order valence-corrected chi connectivity index (χ3v) is 3.84. The molecule has 0 fully saturated rings. The number of aromatic nitrogens is 3. The molecule has 2 heterocycles. The molecule has 0 aromatic carbocycles. The molecule has 7 heteroatoms. The Balaban J connectivity index is 1.72. The van der Waals surface area contributed by atoms with E-state index < -0.39 is 0 Å². The number of H-pyrrole nitrogens is 1. The zero-order valence-electron chi connectivity index (χ0n) is 12.5. The van der Waals surface area contributed by atoms with Crippen LogP contribution < -0.4 is 14.8 Å². The van der Waals surface area contributed by atoms with Crippen LogP contribution in [-0.2, 0) is 12.8 Å². The van der Waals surface area contributed by atoms with E-state index in [9.17, 15) is 4.79 Å². The van der Waals surface area contributed by atoms with Gasteiger partial charge < -0.3 is 14.8 Å². The fourth-order valence-corrected chi connectivity index (χ4v) is 2.66. The number of pyridine rings is 1. The fourth-order valence-electron chi connectivity index (χ4n) is 2.66. The fraction of sp³-hybridized carbons (Fsp3) is 0.400. The first-order valence-corrected chi connectivity index (χ1v) is 7.12. The van der Waals surface area contributed by atoms with Crippen molar-refractivity contribution in [1.82, 2.24) is 20.5 Å². The summed E-state index contributed by atoms with van der Waals surface area (Å²) in [4.78, 5) is 16.6. The zero-order valence-corrected chi connectivity index (χ0v) is 12.5. The predicted octanol–water partition coefficient (Wildman–Crippen LogP) is 1.11. The standard InChI is InChI=1S/C15H18N4O3/c1-21-13-6-5-11(15(18-13)22-2)14(20)17-10-4-3-9-8-16-19-12(9)7-10/h5-6,8,10H,3-4,7H2,1-2H3,(H,16,19)(H,17,20)/t10-/m0/s1. The summed E-state index contributed by atoms with van der Waals surface area (Å²) in [6.45, 7) is 0. The van der Waals surface area contributed by atoms with E-state index in [1.165, 1.54) is 19.8 Å². The maximum atomic E-state index is 12.4. The summed E-state index contributed by atoms with van der Waals surface area (Å²) < 4.78 is 10.2. The Kier molecular flexibility index (Phi) is 3.95. The number of carbonyl (C=O) groups is 1. The highest BCUT2D eigenvalue weighted by molar-refractivity contribution is 5.96. The molecular weight excluding hydrogens is 284 g/mol. The molecule has 3 rings (SSSR count). The molecule has 0 radical (unpaired) electrons. The first-order chi connectivity index (χ1) is 10.7. The number of nitrogens with zero attached hydrogens (tertiary/aromatic N) is 2. The van der Waals surface area contributed by atoms with Gasteiger partial charge in [0, 0.05) is 24.2 Å². The number of carbonyl (C=O) groups excluding carboxylic acids is 1. The summed E-state index contributed by atoms with van der Waals surface area (Å²) in [7, 11) is 3.00.